The van der Waals surface area contributed by atoms with Gasteiger partial charge in [0.15, 0.2) is 0 Å². The summed E-state index contributed by atoms with van der Waals surface area (Å²) >= 11 is 0. The van der Waals surface area contributed by atoms with E-state index in [-0.39, 0.29) is 5.92 Å². The predicted octanol–water partition coefficient (Wildman–Crippen LogP) is 6.27. The summed E-state index contributed by atoms with van der Waals surface area (Å²) in [5.74, 6) is 0.121. The zero-order valence-corrected chi connectivity index (χ0v) is 22.3. The fourth-order valence-corrected chi connectivity index (χ4v) is 7.18. The second kappa shape index (κ2) is 7.71. The summed E-state index contributed by atoms with van der Waals surface area (Å²) in [6.07, 6.45) is 13.1. The van der Waals surface area contributed by atoms with Crippen LogP contribution in [0.4, 0.5) is 0 Å². The van der Waals surface area contributed by atoms with E-state index in [4.69, 9.17) is 4.98 Å². The van der Waals surface area contributed by atoms with Crippen LogP contribution in [-0.4, -0.2) is 15.0 Å². The highest BCUT2D eigenvalue weighted by Crippen LogP contribution is 2.43. The number of benzene rings is 3. The SMILES string of the molecule is [N-]=[n+]1c2c3nc(c1=c1[nH]c(c4ccccc14)=CC1=C4C=CC=CC4C(=Cc4[nH]c-2c2ccccc42)N1)-c1ccccc1-3. The van der Waals surface area contributed by atoms with Gasteiger partial charge in [-0.15, -0.1) is 0 Å². The maximum Gasteiger partial charge on any atom is 0.251 e. The lowest BCUT2D eigenvalue weighted by Gasteiger charge is -2.11. The second-order valence-corrected chi connectivity index (χ2v) is 11.2. The maximum absolute atomic E-state index is 12.3. The molecule has 6 aromatic rings. The largest absolute Gasteiger partial charge is 0.493 e. The first kappa shape index (κ1) is 22.0. The van der Waals surface area contributed by atoms with Crippen molar-refractivity contribution in [2.45, 2.75) is 0 Å². The molecule has 1 atom stereocenters. The van der Waals surface area contributed by atoms with Crippen molar-refractivity contribution in [2.24, 2.45) is 5.92 Å². The zero-order valence-electron chi connectivity index (χ0n) is 22.3. The molecule has 10 rings (SSSR count). The lowest BCUT2D eigenvalue weighted by Crippen LogP contribution is -2.22. The molecule has 3 aromatic carbocycles. The average Bonchev–Trinajstić information content (AvgIpc) is 3.76. The number of hydrogen-bond acceptors (Lipinski definition) is 2. The topological polar surface area (TPSA) is 84.7 Å². The molecule has 0 fully saturated rings. The predicted molar refractivity (Wildman–Crippen MR) is 165 cm³/mol. The number of rotatable bonds is 0. The molecule has 1 aliphatic carbocycles. The molecule has 42 heavy (non-hydrogen) atoms. The molecule has 0 spiro atoms. The summed E-state index contributed by atoms with van der Waals surface area (Å²) in [4.78, 5) is 12.6. The molecule has 0 saturated heterocycles. The van der Waals surface area contributed by atoms with Crippen LogP contribution in [0.25, 0.3) is 73.1 Å². The molecule has 0 radical (unpaired) electrons. The van der Waals surface area contributed by atoms with Gasteiger partial charge in [0.25, 0.3) is 11.0 Å². The van der Waals surface area contributed by atoms with Gasteiger partial charge in [-0.2, -0.15) is 0 Å². The van der Waals surface area contributed by atoms with Crippen molar-refractivity contribution < 1.29 is 4.36 Å². The van der Waals surface area contributed by atoms with E-state index in [2.05, 4.69) is 100 Å². The summed E-state index contributed by atoms with van der Waals surface area (Å²) in [5, 5.41) is 10.4. The van der Waals surface area contributed by atoms with Crippen molar-refractivity contribution in [2.75, 3.05) is 0 Å². The van der Waals surface area contributed by atoms with Crippen LogP contribution in [0.15, 0.2) is 114 Å². The van der Waals surface area contributed by atoms with Crippen LogP contribution < -0.4 is 15.0 Å². The monoisotopic (exact) mass is 538 g/mol. The smallest absolute Gasteiger partial charge is 0.251 e. The van der Waals surface area contributed by atoms with Crippen LogP contribution in [0, 0.1) is 16.6 Å². The number of allylic oxidation sites excluding steroid dienone is 5. The van der Waals surface area contributed by atoms with Gasteiger partial charge in [-0.1, -0.05) is 97.1 Å². The number of nitrogens with one attached hydrogen (secondary N) is 3. The van der Waals surface area contributed by atoms with Gasteiger partial charge in [0.1, 0.15) is 22.4 Å². The summed E-state index contributed by atoms with van der Waals surface area (Å²) < 4.78 is 1.35. The van der Waals surface area contributed by atoms with Gasteiger partial charge in [-0.25, -0.2) is 9.35 Å². The van der Waals surface area contributed by atoms with Crippen molar-refractivity contribution in [1.82, 2.24) is 20.3 Å². The van der Waals surface area contributed by atoms with Gasteiger partial charge >= 0.3 is 0 Å². The van der Waals surface area contributed by atoms with Crippen LogP contribution in [0.2, 0.25) is 0 Å². The number of fused-ring (bicyclic) bond motifs is 24. The maximum atomic E-state index is 12.3. The van der Waals surface area contributed by atoms with Crippen LogP contribution in [-0.2, 0) is 0 Å². The average molecular weight is 539 g/mol. The lowest BCUT2D eigenvalue weighted by molar-refractivity contribution is -0.493. The number of aromatic nitrogens is 4. The van der Waals surface area contributed by atoms with Gasteiger partial charge in [-0.3, -0.25) is 0 Å². The Morgan fingerprint density at radius 1 is 0.738 bits per heavy atom. The third-order valence-corrected chi connectivity index (χ3v) is 9.04. The number of nitrogens with zero attached hydrogens (tertiary/aromatic N) is 3. The Kier molecular flexibility index (Phi) is 4.04. The molecule has 6 nitrogen and oxygen atoms in total. The van der Waals surface area contributed by atoms with Gasteiger partial charge in [0.2, 0.25) is 0 Å². The van der Waals surface area contributed by atoms with E-state index in [0.717, 1.165) is 77.5 Å². The zero-order chi connectivity index (χ0) is 27.5. The van der Waals surface area contributed by atoms with Gasteiger partial charge < -0.3 is 20.8 Å². The van der Waals surface area contributed by atoms with E-state index in [1.165, 1.54) is 9.94 Å². The molecule has 1 unspecified atom stereocenters. The molecule has 3 N–H and O–H groups in total. The Balaban J connectivity index is 1.50. The Bertz CT molecular complexity index is 2570. The molecule has 3 aromatic heterocycles. The molecular weight excluding hydrogens is 516 g/mol. The van der Waals surface area contributed by atoms with Crippen molar-refractivity contribution in [3.63, 3.8) is 0 Å². The minimum atomic E-state index is 0.121. The highest BCUT2D eigenvalue weighted by atomic mass is 15.1. The first-order chi connectivity index (χ1) is 20.7. The number of aromatic amines is 2. The molecule has 6 heteroatoms. The molecule has 3 aliphatic heterocycles. The van der Waals surface area contributed by atoms with Crippen LogP contribution >= 0.6 is 0 Å². The lowest BCUT2D eigenvalue weighted by atomic mass is 9.93. The van der Waals surface area contributed by atoms with Crippen molar-refractivity contribution >= 4 is 33.7 Å². The minimum absolute atomic E-state index is 0.121. The van der Waals surface area contributed by atoms with E-state index in [0.29, 0.717) is 11.0 Å². The van der Waals surface area contributed by atoms with Crippen molar-refractivity contribution in [3.05, 3.63) is 141 Å². The highest BCUT2D eigenvalue weighted by molar-refractivity contribution is 6.03. The minimum Gasteiger partial charge on any atom is -0.493 e. The second-order valence-electron chi connectivity index (χ2n) is 11.2. The Labute approximate surface area is 239 Å². The molecule has 10 bridgehead atoms. The van der Waals surface area contributed by atoms with Crippen LogP contribution in [0.5, 0.6) is 0 Å². The molecule has 0 saturated carbocycles. The third kappa shape index (κ3) is 2.71. The van der Waals surface area contributed by atoms with Crippen LogP contribution in [0.1, 0.15) is 5.69 Å². The number of hydrogen-bond donors (Lipinski definition) is 3. The molecule has 6 heterocycles. The Morgan fingerprint density at radius 2 is 1.48 bits per heavy atom. The Morgan fingerprint density at radius 3 is 2.33 bits per heavy atom. The van der Waals surface area contributed by atoms with E-state index in [9.17, 15) is 5.53 Å². The van der Waals surface area contributed by atoms with E-state index in [1.54, 1.807) is 0 Å². The molecule has 196 valence electrons. The Hall–Kier alpha value is -5.75. The summed E-state index contributed by atoms with van der Waals surface area (Å²) in [6.45, 7) is 0. The van der Waals surface area contributed by atoms with Gasteiger partial charge in [0.05, 0.1) is 0 Å². The van der Waals surface area contributed by atoms with Gasteiger partial charge in [-0.05, 0) is 17.7 Å². The van der Waals surface area contributed by atoms with E-state index in [1.807, 2.05) is 24.3 Å². The standard InChI is InChI=1S/C36H22N6/c37-42-35-31-23-13-5-3-11-21(23)29(39-31)17-27-19-9-1-2-10-20(19)28(38-27)18-30-22-12-4-6-14-24(22)32(40-30)36(42)34-26-16-8-7-15-25(26)33(35)41-34/h1-19,38-40H. The van der Waals surface area contributed by atoms with Crippen molar-refractivity contribution in [3.8, 4) is 33.9 Å². The first-order valence-corrected chi connectivity index (χ1v) is 14.2. The summed E-state index contributed by atoms with van der Waals surface area (Å²) in [5.41, 5.74) is 21.7. The molecular formula is C36H22N6. The van der Waals surface area contributed by atoms with E-state index < -0.39 is 0 Å². The normalized spacial score (nSPS) is 17.1. The first-order valence-electron chi connectivity index (χ1n) is 14.2. The third-order valence-electron chi connectivity index (χ3n) is 9.04. The highest BCUT2D eigenvalue weighted by Gasteiger charge is 2.33. The van der Waals surface area contributed by atoms with Crippen molar-refractivity contribution in [1.29, 1.82) is 0 Å². The fraction of sp³-hybridized carbons (Fsp3) is 0.0278. The molecule has 0 amide bonds. The molecule has 4 aliphatic rings. The number of H-pyrrole nitrogens is 2. The quantitative estimate of drug-likeness (QED) is 0.199. The fourth-order valence-electron chi connectivity index (χ4n) is 7.18. The van der Waals surface area contributed by atoms with E-state index >= 15 is 0 Å². The van der Waals surface area contributed by atoms with Crippen LogP contribution in [0.3, 0.4) is 0 Å². The summed E-state index contributed by atoms with van der Waals surface area (Å²) in [6, 6.07) is 24.9. The summed E-state index contributed by atoms with van der Waals surface area (Å²) in [7, 11) is 0. The van der Waals surface area contributed by atoms with Gasteiger partial charge in [0, 0.05) is 61.0 Å².